The van der Waals surface area contributed by atoms with E-state index < -0.39 is 0 Å². The first kappa shape index (κ1) is 16.5. The first-order valence-corrected chi connectivity index (χ1v) is 7.56. The van der Waals surface area contributed by atoms with Crippen LogP contribution in [-0.4, -0.2) is 11.9 Å². The van der Waals surface area contributed by atoms with Crippen molar-refractivity contribution in [3.8, 4) is 0 Å². The molecular formula is C18H21N3O2. The van der Waals surface area contributed by atoms with Crippen molar-refractivity contribution in [2.75, 3.05) is 16.0 Å². The number of amides is 3. The molecule has 0 spiro atoms. The molecule has 5 heteroatoms. The first-order valence-electron chi connectivity index (χ1n) is 7.56. The molecule has 0 unspecified atom stereocenters. The second kappa shape index (κ2) is 7.98. The molecule has 0 atom stereocenters. The summed E-state index contributed by atoms with van der Waals surface area (Å²) >= 11 is 0. The first-order chi connectivity index (χ1) is 11.0. The second-order valence-corrected chi connectivity index (χ2v) is 5.67. The number of anilines is 3. The Morgan fingerprint density at radius 1 is 0.826 bits per heavy atom. The van der Waals surface area contributed by atoms with Crippen molar-refractivity contribution in [1.29, 1.82) is 0 Å². The lowest BCUT2D eigenvalue weighted by molar-refractivity contribution is -0.116. The summed E-state index contributed by atoms with van der Waals surface area (Å²) in [7, 11) is 0. The molecule has 2 rings (SSSR count). The third kappa shape index (κ3) is 5.82. The number of hydrogen-bond donors (Lipinski definition) is 3. The van der Waals surface area contributed by atoms with E-state index in [-0.39, 0.29) is 11.9 Å². The van der Waals surface area contributed by atoms with Crippen LogP contribution < -0.4 is 16.0 Å². The van der Waals surface area contributed by atoms with Crippen LogP contribution in [0.1, 0.15) is 20.3 Å². The molecule has 0 fully saturated rings. The molecule has 0 aliphatic rings. The van der Waals surface area contributed by atoms with Crippen molar-refractivity contribution in [3.05, 3.63) is 54.6 Å². The monoisotopic (exact) mass is 311 g/mol. The van der Waals surface area contributed by atoms with Gasteiger partial charge in [0.05, 0.1) is 0 Å². The third-order valence-electron chi connectivity index (χ3n) is 3.03. The number of carbonyl (C=O) groups excluding carboxylic acids is 2. The van der Waals surface area contributed by atoms with Gasteiger partial charge in [-0.1, -0.05) is 38.1 Å². The van der Waals surface area contributed by atoms with E-state index in [9.17, 15) is 9.59 Å². The Morgan fingerprint density at radius 3 is 2.04 bits per heavy atom. The molecule has 0 bridgehead atoms. The summed E-state index contributed by atoms with van der Waals surface area (Å²) in [6.07, 6.45) is 0.464. The predicted molar refractivity (Wildman–Crippen MR) is 93.6 cm³/mol. The van der Waals surface area contributed by atoms with E-state index in [1.165, 1.54) is 0 Å². The number of rotatable bonds is 5. The van der Waals surface area contributed by atoms with Crippen LogP contribution in [0.2, 0.25) is 0 Å². The molecule has 0 aliphatic carbocycles. The molecule has 0 saturated heterocycles. The van der Waals surface area contributed by atoms with Crippen LogP contribution >= 0.6 is 0 Å². The fourth-order valence-corrected chi connectivity index (χ4v) is 2.07. The second-order valence-electron chi connectivity index (χ2n) is 5.67. The van der Waals surface area contributed by atoms with Crippen molar-refractivity contribution < 1.29 is 9.59 Å². The highest BCUT2D eigenvalue weighted by Gasteiger charge is 2.07. The summed E-state index contributed by atoms with van der Waals surface area (Å²) in [4.78, 5) is 23.7. The molecule has 2 aromatic rings. The summed E-state index contributed by atoms with van der Waals surface area (Å²) in [5.74, 6) is 0.263. The molecule has 0 radical (unpaired) electrons. The largest absolute Gasteiger partial charge is 0.326 e. The molecule has 120 valence electrons. The standard InChI is InChI=1S/C18H21N3O2/c1-13(2)11-17(22)19-15-9-6-10-16(12-15)21-18(23)20-14-7-4-3-5-8-14/h3-10,12-13H,11H2,1-2H3,(H,19,22)(H2,20,21,23). The van der Waals surface area contributed by atoms with Gasteiger partial charge in [0, 0.05) is 23.5 Å². The summed E-state index contributed by atoms with van der Waals surface area (Å²) in [5, 5.41) is 8.31. The maximum absolute atomic E-state index is 12.0. The van der Waals surface area contributed by atoms with Crippen molar-refractivity contribution >= 4 is 29.0 Å². The van der Waals surface area contributed by atoms with Gasteiger partial charge in [-0.25, -0.2) is 4.79 Å². The lowest BCUT2D eigenvalue weighted by Crippen LogP contribution is -2.19. The van der Waals surface area contributed by atoms with Crippen molar-refractivity contribution in [2.45, 2.75) is 20.3 Å². The predicted octanol–water partition coefficient (Wildman–Crippen LogP) is 4.32. The molecule has 23 heavy (non-hydrogen) atoms. The van der Waals surface area contributed by atoms with E-state index >= 15 is 0 Å². The van der Waals surface area contributed by atoms with Gasteiger partial charge in [-0.05, 0) is 36.2 Å². The quantitative estimate of drug-likeness (QED) is 0.770. The lowest BCUT2D eigenvalue weighted by Gasteiger charge is -2.10. The molecule has 0 saturated carbocycles. The van der Waals surface area contributed by atoms with Crippen LogP contribution in [0.15, 0.2) is 54.6 Å². The van der Waals surface area contributed by atoms with E-state index in [0.29, 0.717) is 29.4 Å². The Morgan fingerprint density at radius 2 is 1.39 bits per heavy atom. The minimum Gasteiger partial charge on any atom is -0.326 e. The molecule has 0 aliphatic heterocycles. The zero-order valence-corrected chi connectivity index (χ0v) is 13.3. The van der Waals surface area contributed by atoms with Crippen LogP contribution in [0.4, 0.5) is 21.9 Å². The summed E-state index contributed by atoms with van der Waals surface area (Å²) in [6.45, 7) is 3.98. The Hall–Kier alpha value is -2.82. The summed E-state index contributed by atoms with van der Waals surface area (Å²) < 4.78 is 0. The van der Waals surface area contributed by atoms with Gasteiger partial charge in [-0.3, -0.25) is 4.79 Å². The molecule has 2 aromatic carbocycles. The fourth-order valence-electron chi connectivity index (χ4n) is 2.07. The maximum Gasteiger partial charge on any atom is 0.323 e. The van der Waals surface area contributed by atoms with Crippen LogP contribution in [0.25, 0.3) is 0 Å². The minimum absolute atomic E-state index is 0.0362. The van der Waals surface area contributed by atoms with Crippen LogP contribution in [-0.2, 0) is 4.79 Å². The average Bonchev–Trinajstić information content (AvgIpc) is 2.47. The van der Waals surface area contributed by atoms with E-state index in [0.717, 1.165) is 0 Å². The van der Waals surface area contributed by atoms with Gasteiger partial charge in [0.1, 0.15) is 0 Å². The van der Waals surface area contributed by atoms with Gasteiger partial charge in [0.15, 0.2) is 0 Å². The topological polar surface area (TPSA) is 70.2 Å². The summed E-state index contributed by atoms with van der Waals surface area (Å²) in [6, 6.07) is 15.9. The highest BCUT2D eigenvalue weighted by atomic mass is 16.2. The third-order valence-corrected chi connectivity index (χ3v) is 3.03. The SMILES string of the molecule is CC(C)CC(=O)Nc1cccc(NC(=O)Nc2ccccc2)c1. The van der Waals surface area contributed by atoms with Crippen molar-refractivity contribution in [1.82, 2.24) is 0 Å². The molecule has 0 aromatic heterocycles. The zero-order valence-electron chi connectivity index (χ0n) is 13.3. The Balaban J connectivity index is 1.94. The Bertz CT molecular complexity index is 669. The van der Waals surface area contributed by atoms with E-state index in [1.807, 2.05) is 44.2 Å². The van der Waals surface area contributed by atoms with Crippen molar-refractivity contribution in [3.63, 3.8) is 0 Å². The highest BCUT2D eigenvalue weighted by molar-refractivity contribution is 6.00. The highest BCUT2D eigenvalue weighted by Crippen LogP contribution is 2.16. The number of carbonyl (C=O) groups is 2. The molecular weight excluding hydrogens is 290 g/mol. The van der Waals surface area contributed by atoms with Crippen molar-refractivity contribution in [2.24, 2.45) is 5.92 Å². The van der Waals surface area contributed by atoms with Gasteiger partial charge in [0.25, 0.3) is 0 Å². The number of benzene rings is 2. The molecule has 5 nitrogen and oxygen atoms in total. The zero-order chi connectivity index (χ0) is 16.7. The van der Waals surface area contributed by atoms with Crippen LogP contribution in [0, 0.1) is 5.92 Å². The van der Waals surface area contributed by atoms with Crippen LogP contribution in [0.3, 0.4) is 0 Å². The number of urea groups is 1. The summed E-state index contributed by atoms with van der Waals surface area (Å²) in [5.41, 5.74) is 1.99. The minimum atomic E-state index is -0.332. The van der Waals surface area contributed by atoms with Gasteiger partial charge >= 0.3 is 6.03 Å². The number of para-hydroxylation sites is 1. The molecule has 3 amide bonds. The van der Waals surface area contributed by atoms with E-state index in [4.69, 9.17) is 0 Å². The normalized spacial score (nSPS) is 10.2. The van der Waals surface area contributed by atoms with Crippen LogP contribution in [0.5, 0.6) is 0 Å². The molecule has 3 N–H and O–H groups in total. The maximum atomic E-state index is 12.0. The molecule has 0 heterocycles. The van der Waals surface area contributed by atoms with E-state index in [2.05, 4.69) is 16.0 Å². The van der Waals surface area contributed by atoms with Gasteiger partial charge in [-0.2, -0.15) is 0 Å². The Labute approximate surface area is 136 Å². The van der Waals surface area contributed by atoms with Gasteiger partial charge in [0.2, 0.25) is 5.91 Å². The lowest BCUT2D eigenvalue weighted by atomic mass is 10.1. The fraction of sp³-hybridized carbons (Fsp3) is 0.222. The Kier molecular flexibility index (Phi) is 5.74. The smallest absolute Gasteiger partial charge is 0.323 e. The number of hydrogen-bond acceptors (Lipinski definition) is 2. The van der Waals surface area contributed by atoms with Gasteiger partial charge in [-0.15, -0.1) is 0 Å². The number of nitrogens with one attached hydrogen (secondary N) is 3. The van der Waals surface area contributed by atoms with Gasteiger partial charge < -0.3 is 16.0 Å². The average molecular weight is 311 g/mol. The van der Waals surface area contributed by atoms with E-state index in [1.54, 1.807) is 24.3 Å².